The summed E-state index contributed by atoms with van der Waals surface area (Å²) >= 11 is 0. The number of nitrogens with one attached hydrogen (secondary N) is 1. The molecular formula is C23H23F5N6O. The number of hydrogen-bond donors (Lipinski definition) is 1. The summed E-state index contributed by atoms with van der Waals surface area (Å²) < 4.78 is 70.1. The van der Waals surface area contributed by atoms with Gasteiger partial charge in [-0.15, -0.1) is 5.10 Å². The largest absolute Gasteiger partial charge is 0.435 e. The van der Waals surface area contributed by atoms with Gasteiger partial charge in [0.05, 0.1) is 11.4 Å². The van der Waals surface area contributed by atoms with Gasteiger partial charge in [0.1, 0.15) is 11.6 Å². The molecule has 1 amide bonds. The van der Waals surface area contributed by atoms with Gasteiger partial charge in [0, 0.05) is 24.8 Å². The van der Waals surface area contributed by atoms with Gasteiger partial charge in [0.25, 0.3) is 5.91 Å². The molecule has 3 aromatic rings. The first-order valence-corrected chi connectivity index (χ1v) is 10.9. The van der Waals surface area contributed by atoms with Crippen LogP contribution >= 0.6 is 0 Å². The molecule has 1 aliphatic rings. The summed E-state index contributed by atoms with van der Waals surface area (Å²) in [6.45, 7) is 1.31. The van der Waals surface area contributed by atoms with Crippen molar-refractivity contribution in [2.75, 3.05) is 37.4 Å². The maximum absolute atomic E-state index is 14.8. The van der Waals surface area contributed by atoms with Crippen molar-refractivity contribution in [3.05, 3.63) is 65.5 Å². The number of benzene rings is 2. The van der Waals surface area contributed by atoms with Crippen molar-refractivity contribution in [1.82, 2.24) is 19.9 Å². The molecule has 0 radical (unpaired) electrons. The number of carbonyl (C=O) groups excluding carboxylic acids is 1. The normalized spacial score (nSPS) is 15.0. The van der Waals surface area contributed by atoms with Gasteiger partial charge in [0.15, 0.2) is 11.4 Å². The van der Waals surface area contributed by atoms with Crippen molar-refractivity contribution >= 4 is 17.3 Å². The number of hydrogen-bond acceptors (Lipinski definition) is 5. The van der Waals surface area contributed by atoms with Gasteiger partial charge in [-0.3, -0.25) is 4.79 Å². The van der Waals surface area contributed by atoms with Gasteiger partial charge < -0.3 is 15.1 Å². The number of nitrogens with zero attached hydrogens (tertiary/aromatic N) is 5. The Bertz CT molecular complexity index is 1220. The fourth-order valence-electron chi connectivity index (χ4n) is 4.13. The molecule has 186 valence electrons. The molecule has 35 heavy (non-hydrogen) atoms. The Morgan fingerprint density at radius 3 is 2.40 bits per heavy atom. The van der Waals surface area contributed by atoms with Crippen LogP contribution in [0.1, 0.15) is 29.0 Å². The Labute approximate surface area is 198 Å². The first-order chi connectivity index (χ1) is 16.5. The molecule has 1 N–H and O–H groups in total. The summed E-state index contributed by atoms with van der Waals surface area (Å²) in [5, 5.41) is 9.02. The van der Waals surface area contributed by atoms with Crippen LogP contribution in [-0.2, 0) is 6.18 Å². The summed E-state index contributed by atoms with van der Waals surface area (Å²) in [5.41, 5.74) is -2.42. The quantitative estimate of drug-likeness (QED) is 0.535. The van der Waals surface area contributed by atoms with Crippen molar-refractivity contribution in [2.24, 2.45) is 0 Å². The molecule has 0 bridgehead atoms. The molecule has 0 spiro atoms. The molecule has 2 aromatic carbocycles. The van der Waals surface area contributed by atoms with Crippen molar-refractivity contribution < 1.29 is 26.7 Å². The third-order valence-corrected chi connectivity index (χ3v) is 5.95. The first kappa shape index (κ1) is 24.6. The van der Waals surface area contributed by atoms with Crippen molar-refractivity contribution in [3.8, 4) is 5.69 Å². The van der Waals surface area contributed by atoms with E-state index >= 15 is 0 Å². The second-order valence-electron chi connectivity index (χ2n) is 8.48. The lowest BCUT2D eigenvalue weighted by atomic mass is 10.0. The highest BCUT2D eigenvalue weighted by Crippen LogP contribution is 2.33. The van der Waals surface area contributed by atoms with E-state index in [-0.39, 0.29) is 11.4 Å². The molecule has 1 aromatic heterocycles. The predicted molar refractivity (Wildman–Crippen MR) is 120 cm³/mol. The molecule has 12 heteroatoms. The summed E-state index contributed by atoms with van der Waals surface area (Å²) in [7, 11) is 4.00. The average molecular weight is 494 g/mol. The predicted octanol–water partition coefficient (Wildman–Crippen LogP) is 4.35. The van der Waals surface area contributed by atoms with Gasteiger partial charge in [0.2, 0.25) is 0 Å². The highest BCUT2D eigenvalue weighted by Gasteiger charge is 2.42. The standard InChI is InChI=1S/C23H23F5N6O/c1-32(2)16-8-10-33(11-9-16)19-7-6-15(13-18(19)25)29-22(35)20-21(23(26,27)28)34(31-30-20)17-5-3-4-14(24)12-17/h3-7,12-13,16H,8-11H2,1-2H3,(H,29,35). The highest BCUT2D eigenvalue weighted by molar-refractivity contribution is 6.03. The number of carbonyl (C=O) groups is 1. The van der Waals surface area contributed by atoms with Crippen LogP contribution in [0, 0.1) is 11.6 Å². The zero-order valence-electron chi connectivity index (χ0n) is 19.0. The molecular weight excluding hydrogens is 471 g/mol. The lowest BCUT2D eigenvalue weighted by molar-refractivity contribution is -0.143. The first-order valence-electron chi connectivity index (χ1n) is 10.9. The van der Waals surface area contributed by atoms with Crippen LogP contribution in [0.4, 0.5) is 33.3 Å². The van der Waals surface area contributed by atoms with Crippen molar-refractivity contribution in [1.29, 1.82) is 0 Å². The monoisotopic (exact) mass is 494 g/mol. The van der Waals surface area contributed by atoms with Crippen LogP contribution in [0.5, 0.6) is 0 Å². The number of piperidine rings is 1. The van der Waals surface area contributed by atoms with E-state index in [9.17, 15) is 26.7 Å². The Morgan fingerprint density at radius 1 is 1.09 bits per heavy atom. The number of rotatable bonds is 5. The molecule has 7 nitrogen and oxygen atoms in total. The topological polar surface area (TPSA) is 66.3 Å². The maximum atomic E-state index is 14.8. The second kappa shape index (κ2) is 9.61. The Hall–Kier alpha value is -3.54. The lowest BCUT2D eigenvalue weighted by Gasteiger charge is -2.36. The van der Waals surface area contributed by atoms with E-state index < -0.39 is 35.1 Å². The third kappa shape index (κ3) is 5.26. The molecule has 1 saturated heterocycles. The summed E-state index contributed by atoms with van der Waals surface area (Å²) in [6.07, 6.45) is -3.28. The summed E-state index contributed by atoms with van der Waals surface area (Å²) in [6, 6.07) is 8.66. The van der Waals surface area contributed by atoms with Crippen LogP contribution in [0.25, 0.3) is 5.69 Å². The van der Waals surface area contributed by atoms with Gasteiger partial charge in [-0.05, 0) is 63.3 Å². The van der Waals surface area contributed by atoms with E-state index in [1.165, 1.54) is 24.3 Å². The van der Waals surface area contributed by atoms with E-state index in [0.29, 0.717) is 29.5 Å². The minimum absolute atomic E-state index is 0.0344. The zero-order chi connectivity index (χ0) is 25.3. The van der Waals surface area contributed by atoms with Gasteiger partial charge in [-0.2, -0.15) is 13.2 Å². The van der Waals surface area contributed by atoms with Crippen LogP contribution < -0.4 is 10.2 Å². The van der Waals surface area contributed by atoms with Gasteiger partial charge >= 0.3 is 6.18 Å². The Kier molecular flexibility index (Phi) is 6.75. The maximum Gasteiger partial charge on any atom is 0.435 e. The van der Waals surface area contributed by atoms with Crippen LogP contribution in [0.2, 0.25) is 0 Å². The smallest absolute Gasteiger partial charge is 0.369 e. The summed E-state index contributed by atoms with van der Waals surface area (Å²) in [4.78, 5) is 16.7. The molecule has 0 aliphatic carbocycles. The SMILES string of the molecule is CN(C)C1CCN(c2ccc(NC(=O)c3nnn(-c4cccc(F)c4)c3C(F)(F)F)cc2F)CC1. The molecule has 2 heterocycles. The van der Waals surface area contributed by atoms with E-state index in [0.717, 1.165) is 31.0 Å². The number of anilines is 2. The van der Waals surface area contributed by atoms with Crippen LogP contribution in [0.15, 0.2) is 42.5 Å². The molecule has 0 unspecified atom stereocenters. The van der Waals surface area contributed by atoms with E-state index in [1.807, 2.05) is 19.0 Å². The van der Waals surface area contributed by atoms with E-state index in [1.54, 1.807) is 0 Å². The number of alkyl halides is 3. The van der Waals surface area contributed by atoms with Gasteiger partial charge in [-0.25, -0.2) is 13.5 Å². The minimum atomic E-state index is -5.02. The fourth-order valence-corrected chi connectivity index (χ4v) is 4.13. The number of aromatic nitrogens is 3. The van der Waals surface area contributed by atoms with E-state index in [2.05, 4.69) is 20.5 Å². The Balaban J connectivity index is 1.55. The third-order valence-electron chi connectivity index (χ3n) is 5.95. The molecule has 1 aliphatic heterocycles. The second-order valence-corrected chi connectivity index (χ2v) is 8.48. The molecule has 4 rings (SSSR count). The number of halogens is 5. The zero-order valence-corrected chi connectivity index (χ0v) is 19.0. The minimum Gasteiger partial charge on any atom is -0.369 e. The average Bonchev–Trinajstić information content (AvgIpc) is 3.26. The van der Waals surface area contributed by atoms with Gasteiger partial charge in [-0.1, -0.05) is 11.3 Å². The molecule has 1 fully saturated rings. The fraction of sp³-hybridized carbons (Fsp3) is 0.348. The molecule has 0 saturated carbocycles. The van der Waals surface area contributed by atoms with Crippen molar-refractivity contribution in [3.63, 3.8) is 0 Å². The number of amides is 1. The Morgan fingerprint density at radius 2 is 1.80 bits per heavy atom. The molecule has 0 atom stereocenters. The van der Waals surface area contributed by atoms with Crippen LogP contribution in [-0.4, -0.2) is 59.0 Å². The highest BCUT2D eigenvalue weighted by atomic mass is 19.4. The summed E-state index contributed by atoms with van der Waals surface area (Å²) in [5.74, 6) is -2.61. The van der Waals surface area contributed by atoms with Crippen LogP contribution in [0.3, 0.4) is 0 Å². The van der Waals surface area contributed by atoms with Crippen molar-refractivity contribution in [2.45, 2.75) is 25.1 Å². The lowest BCUT2D eigenvalue weighted by Crippen LogP contribution is -2.42. The van der Waals surface area contributed by atoms with E-state index in [4.69, 9.17) is 0 Å².